The number of aromatic nitrogens is 3. The van der Waals surface area contributed by atoms with Gasteiger partial charge in [0.2, 0.25) is 0 Å². The molecule has 20 heavy (non-hydrogen) atoms. The molecule has 0 aliphatic heterocycles. The summed E-state index contributed by atoms with van der Waals surface area (Å²) < 4.78 is 0. The van der Waals surface area contributed by atoms with Gasteiger partial charge in [-0.1, -0.05) is 13.0 Å². The lowest BCUT2D eigenvalue weighted by Gasteiger charge is -2.06. The zero-order valence-corrected chi connectivity index (χ0v) is 12.4. The van der Waals surface area contributed by atoms with Crippen LogP contribution in [0.4, 0.5) is 5.82 Å². The van der Waals surface area contributed by atoms with E-state index in [-0.39, 0.29) is 0 Å². The molecule has 0 atom stereocenters. The van der Waals surface area contributed by atoms with Crippen LogP contribution in [0.3, 0.4) is 0 Å². The second-order valence-electron chi connectivity index (χ2n) is 4.43. The van der Waals surface area contributed by atoms with Gasteiger partial charge in [-0.2, -0.15) is 0 Å². The molecule has 0 aliphatic rings. The van der Waals surface area contributed by atoms with Crippen molar-refractivity contribution in [3.63, 3.8) is 0 Å². The van der Waals surface area contributed by atoms with Crippen molar-refractivity contribution in [3.8, 4) is 11.5 Å². The van der Waals surface area contributed by atoms with Crippen LogP contribution in [0.2, 0.25) is 0 Å². The summed E-state index contributed by atoms with van der Waals surface area (Å²) in [5.41, 5.74) is 0.806. The standard InChI is InChI=1S/C15H16N4S/c1-3-10-9-11-13(16-4-2)18-14(19-15(11)20-10)12-7-5-6-8-17-12/h5-9H,3-4H2,1-2H3,(H,16,18,19). The maximum atomic E-state index is 4.66. The third kappa shape index (κ3) is 2.36. The molecule has 1 N–H and O–H groups in total. The van der Waals surface area contributed by atoms with Crippen LogP contribution >= 0.6 is 11.3 Å². The topological polar surface area (TPSA) is 50.7 Å². The highest BCUT2D eigenvalue weighted by molar-refractivity contribution is 7.18. The van der Waals surface area contributed by atoms with Gasteiger partial charge in [-0.3, -0.25) is 4.98 Å². The van der Waals surface area contributed by atoms with Gasteiger partial charge in [0.1, 0.15) is 16.3 Å². The number of nitrogens with one attached hydrogen (secondary N) is 1. The van der Waals surface area contributed by atoms with Crippen molar-refractivity contribution in [1.82, 2.24) is 15.0 Å². The number of rotatable bonds is 4. The monoisotopic (exact) mass is 284 g/mol. The Kier molecular flexibility index (Phi) is 3.60. The lowest BCUT2D eigenvalue weighted by atomic mass is 10.3. The van der Waals surface area contributed by atoms with E-state index in [0.717, 1.165) is 34.7 Å². The van der Waals surface area contributed by atoms with Crippen LogP contribution in [-0.2, 0) is 6.42 Å². The Bertz CT molecular complexity index is 721. The quantitative estimate of drug-likeness (QED) is 0.792. The Balaban J connectivity index is 2.19. The zero-order chi connectivity index (χ0) is 13.9. The number of hydrogen-bond acceptors (Lipinski definition) is 5. The van der Waals surface area contributed by atoms with Gasteiger partial charge in [-0.05, 0) is 31.5 Å². The number of fused-ring (bicyclic) bond motifs is 1. The van der Waals surface area contributed by atoms with Gasteiger partial charge in [0.05, 0.1) is 5.39 Å². The van der Waals surface area contributed by atoms with Crippen LogP contribution in [0, 0.1) is 0 Å². The van der Waals surface area contributed by atoms with Gasteiger partial charge in [0.15, 0.2) is 5.82 Å². The highest BCUT2D eigenvalue weighted by atomic mass is 32.1. The first-order valence-corrected chi connectivity index (χ1v) is 7.59. The number of nitrogens with zero attached hydrogens (tertiary/aromatic N) is 3. The largest absolute Gasteiger partial charge is 0.370 e. The molecular formula is C15H16N4S. The van der Waals surface area contributed by atoms with Crippen LogP contribution in [0.25, 0.3) is 21.7 Å². The smallest absolute Gasteiger partial charge is 0.181 e. The van der Waals surface area contributed by atoms with Crippen molar-refractivity contribution in [2.45, 2.75) is 20.3 Å². The Hall–Kier alpha value is -2.01. The molecule has 0 bridgehead atoms. The van der Waals surface area contributed by atoms with Gasteiger partial charge >= 0.3 is 0 Å². The molecule has 0 aromatic carbocycles. The van der Waals surface area contributed by atoms with Crippen molar-refractivity contribution in [2.24, 2.45) is 0 Å². The van der Waals surface area contributed by atoms with Gasteiger partial charge in [-0.25, -0.2) is 9.97 Å². The fourth-order valence-corrected chi connectivity index (χ4v) is 3.02. The fourth-order valence-electron chi connectivity index (χ4n) is 2.06. The van der Waals surface area contributed by atoms with Gasteiger partial charge in [0.25, 0.3) is 0 Å². The highest BCUT2D eigenvalue weighted by Crippen LogP contribution is 2.31. The van der Waals surface area contributed by atoms with E-state index in [1.54, 1.807) is 17.5 Å². The van der Waals surface area contributed by atoms with Crippen LogP contribution in [-0.4, -0.2) is 21.5 Å². The predicted molar refractivity (Wildman–Crippen MR) is 84.2 cm³/mol. The first kappa shape index (κ1) is 13.0. The molecule has 0 saturated carbocycles. The number of anilines is 1. The molecule has 0 spiro atoms. The van der Waals surface area contributed by atoms with Gasteiger partial charge in [-0.15, -0.1) is 11.3 Å². The van der Waals surface area contributed by atoms with E-state index >= 15 is 0 Å². The summed E-state index contributed by atoms with van der Waals surface area (Å²) in [6, 6.07) is 7.97. The number of hydrogen-bond donors (Lipinski definition) is 1. The summed E-state index contributed by atoms with van der Waals surface area (Å²) in [5, 5.41) is 4.43. The van der Waals surface area contributed by atoms with Crippen LogP contribution in [0.1, 0.15) is 18.7 Å². The van der Waals surface area contributed by atoms with Crippen molar-refractivity contribution in [3.05, 3.63) is 35.3 Å². The molecule has 0 aliphatic carbocycles. The summed E-state index contributed by atoms with van der Waals surface area (Å²) in [5.74, 6) is 1.58. The Morgan fingerprint density at radius 1 is 1.20 bits per heavy atom. The van der Waals surface area contributed by atoms with E-state index in [4.69, 9.17) is 0 Å². The molecule has 0 unspecified atom stereocenters. The molecule has 0 fully saturated rings. The summed E-state index contributed by atoms with van der Waals surface area (Å²) in [7, 11) is 0. The normalized spacial score (nSPS) is 10.9. The van der Waals surface area contributed by atoms with Crippen molar-refractivity contribution in [1.29, 1.82) is 0 Å². The molecule has 0 amide bonds. The Labute approximate surface area is 121 Å². The SMILES string of the molecule is CCNc1nc(-c2ccccn2)nc2sc(CC)cc12. The van der Waals surface area contributed by atoms with E-state index in [1.807, 2.05) is 18.2 Å². The Morgan fingerprint density at radius 3 is 2.80 bits per heavy atom. The highest BCUT2D eigenvalue weighted by Gasteiger charge is 2.12. The molecule has 102 valence electrons. The van der Waals surface area contributed by atoms with Gasteiger partial charge in [0, 0.05) is 17.6 Å². The maximum Gasteiger partial charge on any atom is 0.181 e. The van der Waals surface area contributed by atoms with Crippen molar-refractivity contribution >= 4 is 27.4 Å². The molecule has 0 saturated heterocycles. The minimum atomic E-state index is 0.679. The third-order valence-electron chi connectivity index (χ3n) is 3.03. The minimum Gasteiger partial charge on any atom is -0.370 e. The lowest BCUT2D eigenvalue weighted by Crippen LogP contribution is -2.02. The summed E-state index contributed by atoms with van der Waals surface area (Å²) in [4.78, 5) is 16.0. The molecule has 0 radical (unpaired) electrons. The van der Waals surface area contributed by atoms with E-state index in [0.29, 0.717) is 5.82 Å². The van der Waals surface area contributed by atoms with E-state index in [9.17, 15) is 0 Å². The van der Waals surface area contributed by atoms with Crippen LogP contribution in [0.15, 0.2) is 30.5 Å². The molecule has 4 nitrogen and oxygen atoms in total. The number of aryl methyl sites for hydroxylation is 1. The Morgan fingerprint density at radius 2 is 2.10 bits per heavy atom. The van der Waals surface area contributed by atoms with Crippen LogP contribution < -0.4 is 5.32 Å². The van der Waals surface area contributed by atoms with E-state index in [2.05, 4.69) is 40.2 Å². The average Bonchev–Trinajstić information content (AvgIpc) is 2.92. The first-order valence-electron chi connectivity index (χ1n) is 6.77. The summed E-state index contributed by atoms with van der Waals surface area (Å²) in [6.45, 7) is 5.07. The molecule has 5 heteroatoms. The predicted octanol–water partition coefficient (Wildman–Crippen LogP) is 3.75. The number of pyridine rings is 1. The van der Waals surface area contributed by atoms with Crippen molar-refractivity contribution < 1.29 is 0 Å². The molecule has 3 aromatic rings. The fraction of sp³-hybridized carbons (Fsp3) is 0.267. The average molecular weight is 284 g/mol. The third-order valence-corrected chi connectivity index (χ3v) is 4.20. The van der Waals surface area contributed by atoms with Crippen LogP contribution in [0.5, 0.6) is 0 Å². The summed E-state index contributed by atoms with van der Waals surface area (Å²) in [6.07, 6.45) is 2.78. The van der Waals surface area contributed by atoms with Crippen molar-refractivity contribution in [2.75, 3.05) is 11.9 Å². The summed E-state index contributed by atoms with van der Waals surface area (Å²) >= 11 is 1.73. The first-order chi connectivity index (χ1) is 9.81. The van der Waals surface area contributed by atoms with Gasteiger partial charge < -0.3 is 5.32 Å². The molecule has 3 aromatic heterocycles. The molecule has 3 rings (SSSR count). The number of thiophene rings is 1. The van der Waals surface area contributed by atoms with E-state index < -0.39 is 0 Å². The minimum absolute atomic E-state index is 0.679. The molecule has 3 heterocycles. The second-order valence-corrected chi connectivity index (χ2v) is 5.54. The zero-order valence-electron chi connectivity index (χ0n) is 11.6. The molecular weight excluding hydrogens is 268 g/mol. The maximum absolute atomic E-state index is 4.66. The lowest BCUT2D eigenvalue weighted by molar-refractivity contribution is 1.13. The van der Waals surface area contributed by atoms with E-state index in [1.165, 1.54) is 4.88 Å². The second kappa shape index (κ2) is 5.54.